The molecule has 6 aromatic rings. The SMILES string of the molecule is COC(=O)[C@@H]1CSc2c3c(c(OC)c4cc(C)n1c24)-c1c(cc(OC)c(OC)c1OC)C(=O)O[C@H]1[C@H](OC(=O)c2cc(OC)c(OC)c(OC)c2)[C@@H](OC3=O)[C@@H]2OC(=O)c3cc(OC)c(OC)c(OC)c3-c3c(cc(OC)c(OC)c3OC)C(=O)OC[C@H]1O2. The number of esters is 6. The lowest BCUT2D eigenvalue weighted by molar-refractivity contribution is -0.282. The average molecular weight is 1260 g/mol. The number of fused-ring (bicyclic) bond motifs is 13. The number of aromatic nitrogens is 1. The molecule has 1 saturated heterocycles. The van der Waals surface area contributed by atoms with E-state index in [4.69, 9.17) is 94.7 Å². The van der Waals surface area contributed by atoms with Gasteiger partial charge in [-0.3, -0.25) is 0 Å². The molecule has 10 rings (SSSR count). The second-order valence-corrected chi connectivity index (χ2v) is 20.7. The Bertz CT molecular complexity index is 3870. The minimum atomic E-state index is -2.23. The molecule has 0 spiro atoms. The Balaban J connectivity index is 1.31. The van der Waals surface area contributed by atoms with E-state index in [1.165, 1.54) is 130 Å². The van der Waals surface area contributed by atoms with Crippen LogP contribution in [0.1, 0.15) is 63.5 Å². The van der Waals surface area contributed by atoms with Crippen molar-refractivity contribution >= 4 is 58.5 Å². The Morgan fingerprint density at radius 2 is 0.933 bits per heavy atom. The van der Waals surface area contributed by atoms with Crippen LogP contribution in [-0.2, 0) is 38.0 Å². The van der Waals surface area contributed by atoms with E-state index < -0.39 is 84.7 Å². The average Bonchev–Trinajstić information content (AvgIpc) is 1.68. The molecular weight excluding hydrogens is 1190 g/mol. The maximum atomic E-state index is 16.4. The van der Waals surface area contributed by atoms with E-state index in [-0.39, 0.29) is 130 Å². The third-order valence-electron chi connectivity index (χ3n) is 15.4. The highest BCUT2D eigenvalue weighted by Crippen LogP contribution is 2.58. The first-order chi connectivity index (χ1) is 42.9. The van der Waals surface area contributed by atoms with E-state index in [9.17, 15) is 4.79 Å². The number of hydrogen-bond acceptors (Lipinski definition) is 27. The molecule has 4 bridgehead atoms. The zero-order chi connectivity index (χ0) is 64.0. The summed E-state index contributed by atoms with van der Waals surface area (Å²) >= 11 is 1.07. The number of carbonyl (C=O) groups is 6. The summed E-state index contributed by atoms with van der Waals surface area (Å²) in [5, 5.41) is 0.353. The number of aryl methyl sites for hydroxylation is 1. The van der Waals surface area contributed by atoms with Crippen molar-refractivity contribution in [3.63, 3.8) is 0 Å². The van der Waals surface area contributed by atoms with Gasteiger partial charge in [0.05, 0.1) is 133 Å². The third-order valence-corrected chi connectivity index (χ3v) is 16.6. The zero-order valence-corrected chi connectivity index (χ0v) is 51.6. The van der Waals surface area contributed by atoms with Crippen LogP contribution in [0.2, 0.25) is 0 Å². The molecule has 5 heterocycles. The number of benzene rings is 5. The fourth-order valence-electron chi connectivity index (χ4n) is 11.6. The molecule has 89 heavy (non-hydrogen) atoms. The molecule has 28 heteroatoms. The van der Waals surface area contributed by atoms with Gasteiger partial charge in [0.25, 0.3) is 0 Å². The van der Waals surface area contributed by atoms with Crippen molar-refractivity contribution in [3.8, 4) is 97.0 Å². The van der Waals surface area contributed by atoms with Gasteiger partial charge in [-0.2, -0.15) is 0 Å². The molecule has 6 atom stereocenters. The lowest BCUT2D eigenvalue weighted by atomic mass is 9.90. The molecule has 27 nitrogen and oxygen atoms in total. The highest BCUT2D eigenvalue weighted by atomic mass is 32.2. The minimum Gasteiger partial charge on any atom is -0.495 e. The molecular formula is C61H61NO26S. The number of nitrogens with zero attached hydrogens (tertiary/aromatic N) is 1. The first-order valence-electron chi connectivity index (χ1n) is 26.9. The highest BCUT2D eigenvalue weighted by Gasteiger charge is 2.57. The molecule has 0 unspecified atom stereocenters. The minimum absolute atomic E-state index is 0.00804. The van der Waals surface area contributed by atoms with Gasteiger partial charge in [0.1, 0.15) is 24.5 Å². The monoisotopic (exact) mass is 1260 g/mol. The summed E-state index contributed by atoms with van der Waals surface area (Å²) in [6.07, 6.45) is -10.4. The summed E-state index contributed by atoms with van der Waals surface area (Å²) in [7, 11) is 18.2. The van der Waals surface area contributed by atoms with E-state index >= 15 is 24.0 Å². The van der Waals surface area contributed by atoms with Gasteiger partial charge in [0.2, 0.25) is 35.4 Å². The van der Waals surface area contributed by atoms with Crippen molar-refractivity contribution < 1.29 is 124 Å². The highest BCUT2D eigenvalue weighted by molar-refractivity contribution is 7.99. The van der Waals surface area contributed by atoms with Crippen molar-refractivity contribution in [3.05, 3.63) is 69.9 Å². The maximum absolute atomic E-state index is 16.4. The van der Waals surface area contributed by atoms with Gasteiger partial charge in [-0.15, -0.1) is 11.8 Å². The fourth-order valence-corrected chi connectivity index (χ4v) is 12.9. The Morgan fingerprint density at radius 1 is 0.483 bits per heavy atom. The number of ether oxygens (including phenoxy) is 20. The largest absolute Gasteiger partial charge is 0.495 e. The lowest BCUT2D eigenvalue weighted by Crippen LogP contribution is -2.63. The normalized spacial score (nSPS) is 19.1. The second kappa shape index (κ2) is 25.1. The molecule has 1 aromatic heterocycles. The summed E-state index contributed by atoms with van der Waals surface area (Å²) in [6, 6.07) is 7.07. The van der Waals surface area contributed by atoms with Crippen molar-refractivity contribution in [1.29, 1.82) is 0 Å². The van der Waals surface area contributed by atoms with Gasteiger partial charge < -0.3 is 99.3 Å². The van der Waals surface area contributed by atoms with Crippen LogP contribution in [0.15, 0.2) is 41.3 Å². The third kappa shape index (κ3) is 10.1. The van der Waals surface area contributed by atoms with Crippen molar-refractivity contribution in [1.82, 2.24) is 4.57 Å². The van der Waals surface area contributed by atoms with Crippen molar-refractivity contribution in [2.45, 2.75) is 48.6 Å². The van der Waals surface area contributed by atoms with Gasteiger partial charge in [-0.1, -0.05) is 0 Å². The predicted octanol–water partition coefficient (Wildman–Crippen LogP) is 7.26. The van der Waals surface area contributed by atoms with Crippen LogP contribution in [-0.4, -0.2) is 183 Å². The molecule has 0 N–H and O–H groups in total. The molecule has 0 aliphatic carbocycles. The molecule has 4 aliphatic rings. The summed E-state index contributed by atoms with van der Waals surface area (Å²) in [6.45, 7) is 0.826. The predicted molar refractivity (Wildman–Crippen MR) is 309 cm³/mol. The molecule has 1 fully saturated rings. The number of carbonyl (C=O) groups excluding carboxylic acids is 6. The van der Waals surface area contributed by atoms with Crippen molar-refractivity contribution in [2.75, 3.05) is 112 Å². The Kier molecular flexibility index (Phi) is 17.6. The van der Waals surface area contributed by atoms with E-state index in [2.05, 4.69) is 0 Å². The fraction of sp³-hybridized carbons (Fsp3) is 0.377. The van der Waals surface area contributed by atoms with Crippen LogP contribution in [0, 0.1) is 6.92 Å². The topological polar surface area (TPSA) is 292 Å². The van der Waals surface area contributed by atoms with Gasteiger partial charge in [-0.25, -0.2) is 28.8 Å². The molecule has 0 amide bonds. The standard InChI is InChI=1S/C61H61NO26S/c1-24-16-29-42-54(89-23-30(62(24)42)59(67)82-15)41-40(43(29)74-7)39-28(21-35(73-6)47(78-11)51(39)81-14)57(65)85-48-36-22-83-56(64)26-19-33(71-4)45(76-9)49(79-12)37(26)38-27(20-34(72-5)46(77-10)50(38)80-13)58(66)88-61(84-36)53(87-60(41)68)52(48)86-55(63)25-17-31(69-2)44(75-8)32(18-25)70-3/h16-21,30,36,48,52-53,61H,22-23H2,1-15H3/t30-,36+,48+,52-,53+,61-/m0/s1. The summed E-state index contributed by atoms with van der Waals surface area (Å²) in [5.74, 6) is -7.59. The summed E-state index contributed by atoms with van der Waals surface area (Å²) < 4.78 is 122. The van der Waals surface area contributed by atoms with Gasteiger partial charge in [-0.05, 0) is 43.3 Å². The molecule has 0 radical (unpaired) electrons. The second-order valence-electron chi connectivity index (χ2n) is 19.7. The summed E-state index contributed by atoms with van der Waals surface area (Å²) in [4.78, 5) is 92.4. The lowest BCUT2D eigenvalue weighted by Gasteiger charge is -2.44. The van der Waals surface area contributed by atoms with Crippen LogP contribution < -0.4 is 61.6 Å². The first-order valence-corrected chi connectivity index (χ1v) is 27.9. The van der Waals surface area contributed by atoms with E-state index in [1.54, 1.807) is 17.6 Å². The molecule has 4 aliphatic heterocycles. The van der Waals surface area contributed by atoms with Gasteiger partial charge in [0, 0.05) is 44.0 Å². The number of thioether (sulfide) groups is 1. The van der Waals surface area contributed by atoms with Crippen LogP contribution in [0.3, 0.4) is 0 Å². The van der Waals surface area contributed by atoms with E-state index in [1.807, 2.05) is 0 Å². The number of hydrogen-bond donors (Lipinski definition) is 0. The van der Waals surface area contributed by atoms with Crippen LogP contribution in [0.25, 0.3) is 33.2 Å². The maximum Gasteiger partial charge on any atom is 0.341 e. The number of methoxy groups -OCH3 is 14. The van der Waals surface area contributed by atoms with Gasteiger partial charge >= 0.3 is 35.8 Å². The van der Waals surface area contributed by atoms with E-state index in [0.29, 0.717) is 16.6 Å². The Morgan fingerprint density at radius 3 is 1.40 bits per heavy atom. The van der Waals surface area contributed by atoms with E-state index in [0.717, 1.165) is 11.8 Å². The van der Waals surface area contributed by atoms with Crippen LogP contribution in [0.5, 0.6) is 74.7 Å². The van der Waals surface area contributed by atoms with Crippen LogP contribution in [0.4, 0.5) is 0 Å². The van der Waals surface area contributed by atoms with Crippen molar-refractivity contribution in [2.24, 2.45) is 0 Å². The molecule has 5 aromatic carbocycles. The first kappa shape index (κ1) is 62.2. The molecule has 0 saturated carbocycles. The zero-order valence-electron chi connectivity index (χ0n) is 50.8. The Hall–Kier alpha value is -9.83. The van der Waals surface area contributed by atoms with Gasteiger partial charge in [0.15, 0.2) is 58.2 Å². The quantitative estimate of drug-likeness (QED) is 0.0680. The molecule has 472 valence electrons. The number of rotatable bonds is 16. The van der Waals surface area contributed by atoms with Crippen LogP contribution >= 0.6 is 11.8 Å². The number of cyclic esters (lactones) is 1. The summed E-state index contributed by atoms with van der Waals surface area (Å²) in [5.41, 5.74) is -1.53. The Labute approximate surface area is 512 Å². The smallest absolute Gasteiger partial charge is 0.341 e.